The summed E-state index contributed by atoms with van der Waals surface area (Å²) in [5.74, 6) is 0. The Morgan fingerprint density at radius 3 is 2.85 bits per heavy atom. The van der Waals surface area contributed by atoms with E-state index in [1.165, 1.54) is 38.9 Å². The van der Waals surface area contributed by atoms with Crippen molar-refractivity contribution in [2.24, 2.45) is 0 Å². The predicted octanol–water partition coefficient (Wildman–Crippen LogP) is 1.18. The van der Waals surface area contributed by atoms with Gasteiger partial charge in [0, 0.05) is 19.1 Å². The first-order valence-electron chi connectivity index (χ1n) is 5.12. The van der Waals surface area contributed by atoms with Crippen LogP contribution in [0.4, 0.5) is 0 Å². The molecule has 0 spiro atoms. The van der Waals surface area contributed by atoms with E-state index >= 15 is 0 Å². The maximum absolute atomic E-state index is 5.27. The van der Waals surface area contributed by atoms with E-state index in [4.69, 9.17) is 3.07 Å². The molecule has 1 heterocycles. The van der Waals surface area contributed by atoms with Crippen LogP contribution in [0.1, 0.15) is 19.3 Å². The van der Waals surface area contributed by atoms with E-state index in [1.807, 2.05) is 23.0 Å². The van der Waals surface area contributed by atoms with Gasteiger partial charge >= 0.3 is 0 Å². The molecule has 4 heteroatoms. The fraction of sp³-hybridized carbons (Fsp3) is 1.00. The highest BCUT2D eigenvalue weighted by Gasteiger charge is 2.33. The lowest BCUT2D eigenvalue weighted by Crippen LogP contribution is -2.48. The molecule has 76 valence electrons. The van der Waals surface area contributed by atoms with E-state index in [1.54, 1.807) is 0 Å². The third-order valence-corrected chi connectivity index (χ3v) is 3.81. The van der Waals surface area contributed by atoms with Crippen LogP contribution in [0.15, 0.2) is 0 Å². The van der Waals surface area contributed by atoms with Crippen molar-refractivity contribution in [2.75, 3.05) is 26.2 Å². The Hall–Kier alpha value is 0.610. The van der Waals surface area contributed by atoms with Crippen molar-refractivity contribution in [3.63, 3.8) is 0 Å². The number of halogens is 1. The second-order valence-corrected chi connectivity index (χ2v) is 4.48. The van der Waals surface area contributed by atoms with E-state index in [0.717, 1.165) is 12.6 Å². The van der Waals surface area contributed by atoms with Crippen LogP contribution in [-0.2, 0) is 3.07 Å². The highest BCUT2D eigenvalue weighted by molar-refractivity contribution is 14.1. The van der Waals surface area contributed by atoms with Crippen molar-refractivity contribution in [3.05, 3.63) is 0 Å². The van der Waals surface area contributed by atoms with Gasteiger partial charge in [-0.15, -0.1) is 0 Å². The summed E-state index contributed by atoms with van der Waals surface area (Å²) >= 11 is 2.02. The summed E-state index contributed by atoms with van der Waals surface area (Å²) in [5, 5.41) is 3.43. The monoisotopic (exact) mass is 296 g/mol. The molecule has 3 nitrogen and oxygen atoms in total. The molecule has 2 aliphatic rings. The smallest absolute Gasteiger partial charge is 0.110 e. The maximum atomic E-state index is 5.27. The molecule has 1 aliphatic carbocycles. The zero-order chi connectivity index (χ0) is 9.10. The van der Waals surface area contributed by atoms with Crippen molar-refractivity contribution >= 4 is 23.0 Å². The van der Waals surface area contributed by atoms with E-state index in [0.29, 0.717) is 6.10 Å². The van der Waals surface area contributed by atoms with Crippen molar-refractivity contribution in [2.45, 2.75) is 31.4 Å². The van der Waals surface area contributed by atoms with Crippen LogP contribution >= 0.6 is 23.0 Å². The van der Waals surface area contributed by atoms with Crippen LogP contribution in [0.5, 0.6) is 0 Å². The van der Waals surface area contributed by atoms with E-state index in [2.05, 4.69) is 10.2 Å². The van der Waals surface area contributed by atoms with E-state index < -0.39 is 0 Å². The fourth-order valence-corrected chi connectivity index (χ4v) is 2.56. The topological polar surface area (TPSA) is 24.5 Å². The van der Waals surface area contributed by atoms with Crippen LogP contribution in [0.3, 0.4) is 0 Å². The van der Waals surface area contributed by atoms with Crippen molar-refractivity contribution < 1.29 is 3.07 Å². The van der Waals surface area contributed by atoms with Gasteiger partial charge in [0.1, 0.15) is 23.0 Å². The molecular weight excluding hydrogens is 279 g/mol. The van der Waals surface area contributed by atoms with Gasteiger partial charge in [0.25, 0.3) is 0 Å². The Kier molecular flexibility index (Phi) is 3.83. The third kappa shape index (κ3) is 2.55. The Balaban J connectivity index is 1.74. The van der Waals surface area contributed by atoms with Gasteiger partial charge in [-0.1, -0.05) is 0 Å². The van der Waals surface area contributed by atoms with Crippen LogP contribution < -0.4 is 5.32 Å². The lowest BCUT2D eigenvalue weighted by atomic mass is 9.88. The van der Waals surface area contributed by atoms with Crippen molar-refractivity contribution in [3.8, 4) is 0 Å². The zero-order valence-electron chi connectivity index (χ0n) is 7.84. The van der Waals surface area contributed by atoms with Gasteiger partial charge in [0.2, 0.25) is 0 Å². The molecule has 0 unspecified atom stereocenters. The number of rotatable bonds is 2. The minimum Gasteiger partial charge on any atom is -0.315 e. The normalized spacial score (nSPS) is 36.7. The molecule has 0 amide bonds. The highest BCUT2D eigenvalue weighted by atomic mass is 127. The minimum atomic E-state index is 0.529. The van der Waals surface area contributed by atoms with Gasteiger partial charge in [-0.2, -0.15) is 0 Å². The SMILES string of the molecule is IOC1CC(N2CCCNCC2)C1. The summed E-state index contributed by atoms with van der Waals surface area (Å²) in [7, 11) is 0. The summed E-state index contributed by atoms with van der Waals surface area (Å²) in [4.78, 5) is 2.62. The first-order valence-corrected chi connectivity index (χ1v) is 6.00. The summed E-state index contributed by atoms with van der Waals surface area (Å²) in [6.07, 6.45) is 4.31. The van der Waals surface area contributed by atoms with Crippen LogP contribution in [0.25, 0.3) is 0 Å². The first kappa shape index (κ1) is 10.1. The van der Waals surface area contributed by atoms with Gasteiger partial charge in [-0.3, -0.25) is 4.90 Å². The van der Waals surface area contributed by atoms with Gasteiger partial charge in [0.05, 0.1) is 6.10 Å². The summed E-state index contributed by atoms with van der Waals surface area (Å²) < 4.78 is 5.27. The standard InChI is InChI=1S/C9H17IN2O/c10-13-9-6-8(7-9)12-4-1-2-11-3-5-12/h8-9,11H,1-7H2. The Morgan fingerprint density at radius 1 is 1.23 bits per heavy atom. The van der Waals surface area contributed by atoms with Crippen molar-refractivity contribution in [1.29, 1.82) is 0 Å². The van der Waals surface area contributed by atoms with Crippen LogP contribution in [-0.4, -0.2) is 43.2 Å². The molecule has 1 aliphatic heterocycles. The molecule has 0 aromatic carbocycles. The van der Waals surface area contributed by atoms with Crippen molar-refractivity contribution in [1.82, 2.24) is 10.2 Å². The fourth-order valence-electron chi connectivity index (χ4n) is 2.14. The average molecular weight is 296 g/mol. The molecule has 0 aromatic heterocycles. The Morgan fingerprint density at radius 2 is 2.08 bits per heavy atom. The highest BCUT2D eigenvalue weighted by Crippen LogP contribution is 2.29. The average Bonchev–Trinajstić information content (AvgIpc) is 2.31. The quantitative estimate of drug-likeness (QED) is 0.775. The lowest BCUT2D eigenvalue weighted by molar-refractivity contribution is 0.0444. The predicted molar refractivity (Wildman–Crippen MR) is 61.0 cm³/mol. The summed E-state index contributed by atoms with van der Waals surface area (Å²) in [6.45, 7) is 4.84. The molecule has 0 radical (unpaired) electrons. The molecule has 2 fully saturated rings. The molecule has 1 saturated carbocycles. The number of hydrogen-bond acceptors (Lipinski definition) is 3. The Labute approximate surface area is 93.9 Å². The minimum absolute atomic E-state index is 0.529. The summed E-state index contributed by atoms with van der Waals surface area (Å²) in [6, 6.07) is 0.805. The van der Waals surface area contributed by atoms with Crippen LogP contribution in [0.2, 0.25) is 0 Å². The second kappa shape index (κ2) is 4.91. The van der Waals surface area contributed by atoms with Crippen LogP contribution in [0, 0.1) is 0 Å². The van der Waals surface area contributed by atoms with E-state index in [9.17, 15) is 0 Å². The molecule has 13 heavy (non-hydrogen) atoms. The summed E-state index contributed by atoms with van der Waals surface area (Å²) in [5.41, 5.74) is 0. The molecule has 0 atom stereocenters. The van der Waals surface area contributed by atoms with Gasteiger partial charge < -0.3 is 8.38 Å². The first-order chi connectivity index (χ1) is 6.40. The molecule has 2 rings (SSSR count). The molecule has 1 saturated heterocycles. The third-order valence-electron chi connectivity index (χ3n) is 3.09. The van der Waals surface area contributed by atoms with Gasteiger partial charge in [-0.05, 0) is 32.4 Å². The number of hydrogen-bond donors (Lipinski definition) is 1. The zero-order valence-corrected chi connectivity index (χ0v) is 10.00. The molecule has 1 N–H and O–H groups in total. The van der Waals surface area contributed by atoms with E-state index in [-0.39, 0.29) is 0 Å². The second-order valence-electron chi connectivity index (χ2n) is 3.98. The molecule has 0 aromatic rings. The number of nitrogens with zero attached hydrogens (tertiary/aromatic N) is 1. The maximum Gasteiger partial charge on any atom is 0.110 e. The number of nitrogens with one attached hydrogen (secondary N) is 1. The Bertz CT molecular complexity index is 154. The van der Waals surface area contributed by atoms with Gasteiger partial charge in [0.15, 0.2) is 0 Å². The molecule has 0 bridgehead atoms. The molecular formula is C9H17IN2O. The lowest BCUT2D eigenvalue weighted by Gasteiger charge is -2.41. The van der Waals surface area contributed by atoms with Gasteiger partial charge in [-0.25, -0.2) is 0 Å². The largest absolute Gasteiger partial charge is 0.315 e.